The molecule has 0 aliphatic carbocycles. The van der Waals surface area contributed by atoms with Crippen molar-refractivity contribution in [3.05, 3.63) is 21.9 Å². The molecule has 0 aliphatic heterocycles. The van der Waals surface area contributed by atoms with Crippen LogP contribution in [0.5, 0.6) is 0 Å². The van der Waals surface area contributed by atoms with Crippen LogP contribution in [0.25, 0.3) is 0 Å². The molecule has 4 nitrogen and oxygen atoms in total. The van der Waals surface area contributed by atoms with E-state index in [9.17, 15) is 8.42 Å². The summed E-state index contributed by atoms with van der Waals surface area (Å²) >= 11 is 1.51. The third kappa shape index (κ3) is 5.63. The molecular weight excluding hydrogens is 292 g/mol. The van der Waals surface area contributed by atoms with Crippen LogP contribution in [0.1, 0.15) is 31.2 Å². The van der Waals surface area contributed by atoms with Gasteiger partial charge in [0.05, 0.1) is 12.3 Å². The third-order valence-electron chi connectivity index (χ3n) is 2.46. The number of thiophene rings is 1. The van der Waals surface area contributed by atoms with Crippen LogP contribution in [0, 0.1) is 17.3 Å². The monoisotopic (exact) mass is 314 g/mol. The summed E-state index contributed by atoms with van der Waals surface area (Å²) in [6, 6.07) is 1.91. The fourth-order valence-corrected chi connectivity index (χ4v) is 4.26. The zero-order chi connectivity index (χ0) is 15.4. The molecule has 0 amide bonds. The third-order valence-corrected chi connectivity index (χ3v) is 5.69. The largest absolute Gasteiger partial charge is 0.320 e. The summed E-state index contributed by atoms with van der Waals surface area (Å²) in [4.78, 5) is 0.978. The van der Waals surface area contributed by atoms with E-state index in [2.05, 4.69) is 11.8 Å². The molecule has 0 bridgehead atoms. The van der Waals surface area contributed by atoms with Crippen LogP contribution in [0.2, 0.25) is 0 Å². The maximum Gasteiger partial charge on any atom is 0.214 e. The number of sulfonamides is 1. The normalized spacial score (nSPS) is 12.3. The summed E-state index contributed by atoms with van der Waals surface area (Å²) in [6.07, 6.45) is 0. The van der Waals surface area contributed by atoms with Crippen molar-refractivity contribution >= 4 is 21.4 Å². The van der Waals surface area contributed by atoms with Crippen LogP contribution in [-0.2, 0) is 16.6 Å². The van der Waals surface area contributed by atoms with Gasteiger partial charge in [-0.2, -0.15) is 4.31 Å². The van der Waals surface area contributed by atoms with Gasteiger partial charge < -0.3 is 5.73 Å². The van der Waals surface area contributed by atoms with Gasteiger partial charge in [-0.05, 0) is 11.5 Å². The van der Waals surface area contributed by atoms with Gasteiger partial charge in [0.25, 0.3) is 0 Å². The van der Waals surface area contributed by atoms with Crippen molar-refractivity contribution in [2.24, 2.45) is 11.1 Å². The summed E-state index contributed by atoms with van der Waals surface area (Å²) in [5.74, 6) is 5.87. The second kappa shape index (κ2) is 6.72. The van der Waals surface area contributed by atoms with E-state index in [1.165, 1.54) is 15.6 Å². The van der Waals surface area contributed by atoms with Gasteiger partial charge in [-0.3, -0.25) is 0 Å². The van der Waals surface area contributed by atoms with Crippen LogP contribution in [0.15, 0.2) is 11.4 Å². The Bertz CT molecular complexity index is 601. The Labute approximate surface area is 126 Å². The average molecular weight is 314 g/mol. The topological polar surface area (TPSA) is 63.4 Å². The maximum atomic E-state index is 12.2. The first-order valence-corrected chi connectivity index (χ1v) is 8.83. The fraction of sp³-hybridized carbons (Fsp3) is 0.571. The SMILES string of the molecule is CN(Cc1cc(C#CCN)cs1)S(=O)(=O)CC(C)(C)C. The van der Waals surface area contributed by atoms with Crippen molar-refractivity contribution in [2.75, 3.05) is 19.3 Å². The predicted molar refractivity (Wildman–Crippen MR) is 85.0 cm³/mol. The van der Waals surface area contributed by atoms with Crippen LogP contribution in [0.4, 0.5) is 0 Å². The molecule has 6 heteroatoms. The lowest BCUT2D eigenvalue weighted by molar-refractivity contribution is 0.421. The van der Waals surface area contributed by atoms with Crippen LogP contribution < -0.4 is 5.73 Å². The standard InChI is InChI=1S/C14H22N2O2S2/c1-14(2,3)11-20(17,18)16(4)9-13-8-12(10-19-13)6-5-7-15/h8,10H,7,9,11,15H2,1-4H3. The fourth-order valence-electron chi connectivity index (χ4n) is 1.66. The van der Waals surface area contributed by atoms with Gasteiger partial charge in [0, 0.05) is 29.4 Å². The lowest BCUT2D eigenvalue weighted by atomic mass is 10.0. The maximum absolute atomic E-state index is 12.2. The van der Waals surface area contributed by atoms with Gasteiger partial charge in [0.15, 0.2) is 0 Å². The predicted octanol–water partition coefficient (Wildman–Crippen LogP) is 1.87. The minimum absolute atomic E-state index is 0.141. The quantitative estimate of drug-likeness (QED) is 0.863. The van der Waals surface area contributed by atoms with Gasteiger partial charge in [0.2, 0.25) is 10.0 Å². The Morgan fingerprint density at radius 2 is 2.05 bits per heavy atom. The molecule has 0 saturated heterocycles. The lowest BCUT2D eigenvalue weighted by Crippen LogP contribution is -2.33. The Morgan fingerprint density at radius 1 is 1.40 bits per heavy atom. The first-order valence-electron chi connectivity index (χ1n) is 6.34. The van der Waals surface area contributed by atoms with Crippen molar-refractivity contribution in [2.45, 2.75) is 27.3 Å². The molecule has 2 N–H and O–H groups in total. The Hall–Kier alpha value is -0.870. The molecule has 0 unspecified atom stereocenters. The molecule has 1 aromatic heterocycles. The highest BCUT2D eigenvalue weighted by Gasteiger charge is 2.25. The molecular formula is C14H22N2O2S2. The smallest absolute Gasteiger partial charge is 0.214 e. The van der Waals surface area contributed by atoms with Crippen molar-refractivity contribution in [1.29, 1.82) is 0 Å². The molecule has 0 atom stereocenters. The number of hydrogen-bond acceptors (Lipinski definition) is 4. The molecule has 0 aliphatic rings. The van der Waals surface area contributed by atoms with Crippen molar-refractivity contribution in [3.63, 3.8) is 0 Å². The zero-order valence-corrected chi connectivity index (χ0v) is 14.1. The molecule has 1 heterocycles. The molecule has 112 valence electrons. The summed E-state index contributed by atoms with van der Waals surface area (Å²) in [5.41, 5.74) is 5.96. The van der Waals surface area contributed by atoms with E-state index in [1.807, 2.05) is 32.2 Å². The minimum Gasteiger partial charge on any atom is -0.320 e. The van der Waals surface area contributed by atoms with E-state index in [1.54, 1.807) is 7.05 Å². The number of nitrogens with two attached hydrogens (primary N) is 1. The Balaban J connectivity index is 2.75. The lowest BCUT2D eigenvalue weighted by Gasteiger charge is -2.23. The van der Waals surface area contributed by atoms with Gasteiger partial charge in [-0.25, -0.2) is 8.42 Å². The second-order valence-electron chi connectivity index (χ2n) is 5.88. The van der Waals surface area contributed by atoms with E-state index < -0.39 is 10.0 Å². The van der Waals surface area contributed by atoms with E-state index >= 15 is 0 Å². The molecule has 1 rings (SSSR count). The number of rotatable bonds is 4. The Kier molecular flexibility index (Phi) is 5.78. The molecule has 0 radical (unpaired) electrons. The highest BCUT2D eigenvalue weighted by Crippen LogP contribution is 2.21. The first kappa shape index (κ1) is 17.2. The summed E-state index contributed by atoms with van der Waals surface area (Å²) in [7, 11) is -1.62. The molecule has 20 heavy (non-hydrogen) atoms. The summed E-state index contributed by atoms with van der Waals surface area (Å²) in [6.45, 7) is 6.47. The summed E-state index contributed by atoms with van der Waals surface area (Å²) < 4.78 is 25.8. The van der Waals surface area contributed by atoms with Gasteiger partial charge in [-0.15, -0.1) is 11.3 Å². The van der Waals surface area contributed by atoms with Gasteiger partial charge in [0.1, 0.15) is 0 Å². The van der Waals surface area contributed by atoms with Gasteiger partial charge in [-0.1, -0.05) is 32.6 Å². The number of nitrogens with zero attached hydrogens (tertiary/aromatic N) is 1. The highest BCUT2D eigenvalue weighted by molar-refractivity contribution is 7.89. The van der Waals surface area contributed by atoms with Crippen molar-refractivity contribution in [1.82, 2.24) is 4.31 Å². The molecule has 0 spiro atoms. The summed E-state index contributed by atoms with van der Waals surface area (Å²) in [5, 5.41) is 1.92. The first-order chi connectivity index (χ1) is 9.14. The molecule has 0 aromatic carbocycles. The average Bonchev–Trinajstić information content (AvgIpc) is 2.70. The van der Waals surface area contributed by atoms with Crippen molar-refractivity contribution in [3.8, 4) is 11.8 Å². The van der Waals surface area contributed by atoms with Gasteiger partial charge >= 0.3 is 0 Å². The van der Waals surface area contributed by atoms with E-state index in [-0.39, 0.29) is 11.2 Å². The van der Waals surface area contributed by atoms with E-state index in [4.69, 9.17) is 5.73 Å². The zero-order valence-electron chi connectivity index (χ0n) is 12.4. The van der Waals surface area contributed by atoms with Crippen LogP contribution in [-0.4, -0.2) is 32.1 Å². The van der Waals surface area contributed by atoms with E-state index in [0.29, 0.717) is 13.1 Å². The van der Waals surface area contributed by atoms with Crippen molar-refractivity contribution < 1.29 is 8.42 Å². The molecule has 0 fully saturated rings. The second-order valence-corrected chi connectivity index (χ2v) is 8.95. The molecule has 0 saturated carbocycles. The molecule has 1 aromatic rings. The Morgan fingerprint density at radius 3 is 2.60 bits per heavy atom. The van der Waals surface area contributed by atoms with E-state index in [0.717, 1.165) is 10.4 Å². The minimum atomic E-state index is -3.24. The number of hydrogen-bond donors (Lipinski definition) is 1. The van der Waals surface area contributed by atoms with Crippen LogP contribution >= 0.6 is 11.3 Å². The van der Waals surface area contributed by atoms with Crippen LogP contribution in [0.3, 0.4) is 0 Å². The highest BCUT2D eigenvalue weighted by atomic mass is 32.2.